The van der Waals surface area contributed by atoms with E-state index in [0.717, 1.165) is 28.9 Å². The van der Waals surface area contributed by atoms with Gasteiger partial charge in [0.2, 0.25) is 5.91 Å². The summed E-state index contributed by atoms with van der Waals surface area (Å²) < 4.78 is 16.4. The van der Waals surface area contributed by atoms with E-state index >= 15 is 0 Å². The minimum Gasteiger partial charge on any atom is -0.496 e. The van der Waals surface area contributed by atoms with E-state index in [1.165, 1.54) is 0 Å². The number of benzene rings is 1. The molecule has 0 atom stereocenters. The highest BCUT2D eigenvalue weighted by atomic mass is 16.6. The number of rotatable bonds is 4. The molecule has 2 heterocycles. The summed E-state index contributed by atoms with van der Waals surface area (Å²) in [5, 5.41) is 0. The second kappa shape index (κ2) is 10.0. The van der Waals surface area contributed by atoms with Crippen LogP contribution in [0.15, 0.2) is 30.4 Å². The number of hydrogen-bond acceptors (Lipinski definition) is 5. The molecule has 0 aromatic heterocycles. The van der Waals surface area contributed by atoms with Gasteiger partial charge < -0.3 is 24.0 Å². The zero-order valence-corrected chi connectivity index (χ0v) is 18.8. The zero-order valence-electron chi connectivity index (χ0n) is 18.8. The lowest BCUT2D eigenvalue weighted by Gasteiger charge is -2.30. The molecule has 0 radical (unpaired) electrons. The Morgan fingerprint density at radius 1 is 1.10 bits per heavy atom. The maximum atomic E-state index is 12.3. The molecule has 7 nitrogen and oxygen atoms in total. The van der Waals surface area contributed by atoms with Crippen molar-refractivity contribution in [3.63, 3.8) is 0 Å². The average Bonchev–Trinajstić information content (AvgIpc) is 2.76. The van der Waals surface area contributed by atoms with Gasteiger partial charge >= 0.3 is 6.09 Å². The molecule has 2 aliphatic rings. The van der Waals surface area contributed by atoms with E-state index in [0.29, 0.717) is 39.4 Å². The van der Waals surface area contributed by atoms with Crippen LogP contribution in [0.5, 0.6) is 5.75 Å². The Morgan fingerprint density at radius 3 is 2.45 bits per heavy atom. The van der Waals surface area contributed by atoms with Gasteiger partial charge in [0.1, 0.15) is 11.4 Å². The molecule has 2 amide bonds. The second-order valence-corrected chi connectivity index (χ2v) is 8.64. The lowest BCUT2D eigenvalue weighted by atomic mass is 9.97. The Morgan fingerprint density at radius 2 is 1.84 bits per heavy atom. The molecule has 3 rings (SSSR count). The first-order chi connectivity index (χ1) is 14.8. The van der Waals surface area contributed by atoms with Gasteiger partial charge in [-0.3, -0.25) is 4.79 Å². The highest BCUT2D eigenvalue weighted by molar-refractivity contribution is 5.92. The maximum Gasteiger partial charge on any atom is 0.410 e. The number of morpholine rings is 1. The van der Waals surface area contributed by atoms with Crippen molar-refractivity contribution >= 4 is 23.6 Å². The monoisotopic (exact) mass is 428 g/mol. The van der Waals surface area contributed by atoms with Crippen molar-refractivity contribution in [3.05, 3.63) is 41.5 Å². The predicted molar refractivity (Wildman–Crippen MR) is 120 cm³/mol. The van der Waals surface area contributed by atoms with Crippen molar-refractivity contribution in [2.24, 2.45) is 0 Å². The summed E-state index contributed by atoms with van der Waals surface area (Å²) >= 11 is 0. The van der Waals surface area contributed by atoms with E-state index in [1.54, 1.807) is 23.0 Å². The fraction of sp³-hybridized carbons (Fsp3) is 0.500. The minimum absolute atomic E-state index is 0.0106. The third-order valence-corrected chi connectivity index (χ3v) is 5.17. The Bertz CT molecular complexity index is 863. The molecule has 0 aliphatic carbocycles. The largest absolute Gasteiger partial charge is 0.496 e. The van der Waals surface area contributed by atoms with Crippen LogP contribution >= 0.6 is 0 Å². The van der Waals surface area contributed by atoms with Crippen LogP contribution in [0.25, 0.3) is 11.6 Å². The highest BCUT2D eigenvalue weighted by Crippen LogP contribution is 2.32. The van der Waals surface area contributed by atoms with E-state index in [4.69, 9.17) is 14.2 Å². The second-order valence-electron chi connectivity index (χ2n) is 8.64. The number of nitrogens with zero attached hydrogens (tertiary/aromatic N) is 2. The first-order valence-corrected chi connectivity index (χ1v) is 10.7. The Labute approximate surface area is 184 Å². The third kappa shape index (κ3) is 6.34. The molecule has 0 spiro atoms. The van der Waals surface area contributed by atoms with Gasteiger partial charge in [0, 0.05) is 37.8 Å². The first kappa shape index (κ1) is 22.9. The number of carbonyl (C=O) groups is 2. The normalized spacial score (nSPS) is 17.5. The van der Waals surface area contributed by atoms with Crippen molar-refractivity contribution in [3.8, 4) is 5.75 Å². The van der Waals surface area contributed by atoms with Gasteiger partial charge in [0.15, 0.2) is 0 Å². The zero-order chi connectivity index (χ0) is 22.4. The highest BCUT2D eigenvalue weighted by Gasteiger charge is 2.24. The topological polar surface area (TPSA) is 68.3 Å². The van der Waals surface area contributed by atoms with Gasteiger partial charge in [-0.25, -0.2) is 4.79 Å². The van der Waals surface area contributed by atoms with E-state index in [-0.39, 0.29) is 12.0 Å². The van der Waals surface area contributed by atoms with Crippen molar-refractivity contribution in [2.45, 2.75) is 32.8 Å². The van der Waals surface area contributed by atoms with Crippen molar-refractivity contribution in [1.29, 1.82) is 0 Å². The summed E-state index contributed by atoms with van der Waals surface area (Å²) in [7, 11) is 1.64. The first-order valence-electron chi connectivity index (χ1n) is 10.7. The summed E-state index contributed by atoms with van der Waals surface area (Å²) in [6, 6.07) is 5.91. The lowest BCUT2D eigenvalue weighted by Crippen LogP contribution is -2.39. The Balaban J connectivity index is 1.67. The molecule has 1 fully saturated rings. The predicted octanol–water partition coefficient (Wildman–Crippen LogP) is 3.59. The lowest BCUT2D eigenvalue weighted by molar-refractivity contribution is -0.129. The number of amides is 2. The van der Waals surface area contributed by atoms with Gasteiger partial charge in [-0.2, -0.15) is 0 Å². The van der Waals surface area contributed by atoms with Crippen LogP contribution in [0.4, 0.5) is 4.79 Å². The number of carbonyl (C=O) groups excluding carboxylic acids is 2. The molecular weight excluding hydrogens is 396 g/mol. The molecule has 0 saturated carbocycles. The van der Waals surface area contributed by atoms with Gasteiger partial charge in [-0.05, 0) is 50.5 Å². The summed E-state index contributed by atoms with van der Waals surface area (Å²) in [6.07, 6.45) is 5.88. The Hall–Kier alpha value is -2.80. The SMILES string of the molecule is COc1cc(/C=C/C(=O)N2CCOCC2)ccc1C1=CCN(C(=O)OC(C)(C)C)CC1. The number of ether oxygens (including phenoxy) is 3. The van der Waals surface area contributed by atoms with Crippen LogP contribution in [-0.2, 0) is 14.3 Å². The number of methoxy groups -OCH3 is 1. The third-order valence-electron chi connectivity index (χ3n) is 5.17. The molecule has 31 heavy (non-hydrogen) atoms. The maximum absolute atomic E-state index is 12.3. The van der Waals surface area contributed by atoms with Crippen LogP contribution < -0.4 is 4.74 Å². The molecule has 7 heteroatoms. The molecule has 1 aromatic carbocycles. The molecule has 1 saturated heterocycles. The van der Waals surface area contributed by atoms with Gasteiger partial charge in [-0.1, -0.05) is 18.2 Å². The smallest absolute Gasteiger partial charge is 0.410 e. The van der Waals surface area contributed by atoms with Crippen LogP contribution in [0.3, 0.4) is 0 Å². The molecule has 2 aliphatic heterocycles. The van der Waals surface area contributed by atoms with Crippen LogP contribution in [0.1, 0.15) is 38.3 Å². The van der Waals surface area contributed by atoms with E-state index in [2.05, 4.69) is 0 Å². The molecule has 0 bridgehead atoms. The fourth-order valence-corrected chi connectivity index (χ4v) is 3.54. The van der Waals surface area contributed by atoms with E-state index in [9.17, 15) is 9.59 Å². The van der Waals surface area contributed by atoms with Crippen molar-refractivity contribution < 1.29 is 23.8 Å². The van der Waals surface area contributed by atoms with Crippen LogP contribution in [0, 0.1) is 0 Å². The molecule has 1 aromatic rings. The molecular formula is C24H32N2O5. The van der Waals surface area contributed by atoms with E-state index in [1.807, 2.05) is 51.1 Å². The minimum atomic E-state index is -0.503. The van der Waals surface area contributed by atoms with E-state index < -0.39 is 5.60 Å². The Kier molecular flexibility index (Phi) is 7.38. The summed E-state index contributed by atoms with van der Waals surface area (Å²) in [4.78, 5) is 28.1. The summed E-state index contributed by atoms with van der Waals surface area (Å²) in [5.41, 5.74) is 2.53. The van der Waals surface area contributed by atoms with Gasteiger partial charge in [-0.15, -0.1) is 0 Å². The average molecular weight is 429 g/mol. The molecule has 0 N–H and O–H groups in total. The standard InChI is InChI=1S/C24H32N2O5/c1-24(2,3)31-23(28)26-11-9-19(10-12-26)20-7-5-18(17-21(20)29-4)6-8-22(27)25-13-15-30-16-14-25/h5-9,17H,10-16H2,1-4H3/b8-6+. The summed E-state index contributed by atoms with van der Waals surface area (Å²) in [6.45, 7) is 9.12. The quantitative estimate of drug-likeness (QED) is 0.686. The summed E-state index contributed by atoms with van der Waals surface area (Å²) in [5.74, 6) is 0.738. The van der Waals surface area contributed by atoms with Gasteiger partial charge in [0.05, 0.1) is 20.3 Å². The van der Waals surface area contributed by atoms with Crippen LogP contribution in [0.2, 0.25) is 0 Å². The molecule has 168 valence electrons. The van der Waals surface area contributed by atoms with Crippen molar-refractivity contribution in [1.82, 2.24) is 9.80 Å². The van der Waals surface area contributed by atoms with Crippen LogP contribution in [-0.4, -0.2) is 73.9 Å². The van der Waals surface area contributed by atoms with Gasteiger partial charge in [0.25, 0.3) is 0 Å². The number of hydrogen-bond donors (Lipinski definition) is 0. The fourth-order valence-electron chi connectivity index (χ4n) is 3.54. The van der Waals surface area contributed by atoms with Crippen molar-refractivity contribution in [2.75, 3.05) is 46.5 Å². The molecule has 0 unspecified atom stereocenters.